The summed E-state index contributed by atoms with van der Waals surface area (Å²) in [5.74, 6) is -2.34. The zero-order valence-corrected chi connectivity index (χ0v) is 17.2. The highest BCUT2D eigenvalue weighted by molar-refractivity contribution is 5.89. The third-order valence-corrected chi connectivity index (χ3v) is 5.17. The minimum atomic E-state index is -1.25. The smallest absolute Gasteiger partial charge is 0.411 e. The Hall–Kier alpha value is -1.90. The second-order valence-corrected chi connectivity index (χ2v) is 8.65. The van der Waals surface area contributed by atoms with Crippen LogP contribution in [-0.2, 0) is 14.3 Å². The number of amides is 2. The lowest BCUT2D eigenvalue weighted by Crippen LogP contribution is -2.57. The van der Waals surface area contributed by atoms with Crippen molar-refractivity contribution < 1.29 is 28.6 Å². The molecule has 0 aromatic heterocycles. The van der Waals surface area contributed by atoms with Gasteiger partial charge in [-0.1, -0.05) is 0 Å². The average molecular weight is 401 g/mol. The molecule has 8 nitrogen and oxygen atoms in total. The molecule has 1 N–H and O–H groups in total. The minimum absolute atomic E-state index is 0.241. The Labute approximate surface area is 165 Å². The lowest BCUT2D eigenvalue weighted by atomic mass is 9.88. The average Bonchev–Trinajstić information content (AvgIpc) is 3.02. The summed E-state index contributed by atoms with van der Waals surface area (Å²) in [7, 11) is 1.62. The van der Waals surface area contributed by atoms with Crippen LogP contribution in [-0.4, -0.2) is 95.4 Å². The van der Waals surface area contributed by atoms with E-state index >= 15 is 0 Å². The Morgan fingerprint density at radius 1 is 1.21 bits per heavy atom. The van der Waals surface area contributed by atoms with Gasteiger partial charge in [0.2, 0.25) is 5.91 Å². The Morgan fingerprint density at radius 2 is 1.89 bits per heavy atom. The first kappa shape index (κ1) is 22.4. The number of carbonyl (C=O) groups excluding carboxylic acids is 2. The monoisotopic (exact) mass is 401 g/mol. The van der Waals surface area contributed by atoms with Crippen molar-refractivity contribution in [3.05, 3.63) is 0 Å². The third kappa shape index (κ3) is 5.80. The predicted octanol–water partition coefficient (Wildman–Crippen LogP) is 1.59. The van der Waals surface area contributed by atoms with E-state index in [1.54, 1.807) is 27.8 Å². The van der Waals surface area contributed by atoms with Crippen LogP contribution in [0.3, 0.4) is 0 Å². The number of halogens is 1. The molecular weight excluding hydrogens is 369 g/mol. The first-order valence-corrected chi connectivity index (χ1v) is 9.83. The van der Waals surface area contributed by atoms with Crippen molar-refractivity contribution in [3.63, 3.8) is 0 Å². The highest BCUT2D eigenvalue weighted by atomic mass is 19.1. The Morgan fingerprint density at radius 3 is 2.43 bits per heavy atom. The van der Waals surface area contributed by atoms with Gasteiger partial charge in [0.15, 0.2) is 0 Å². The van der Waals surface area contributed by atoms with E-state index in [0.717, 1.165) is 4.90 Å². The van der Waals surface area contributed by atoms with Crippen LogP contribution >= 0.6 is 0 Å². The second kappa shape index (κ2) is 9.07. The van der Waals surface area contributed by atoms with Gasteiger partial charge in [0.05, 0.1) is 5.92 Å². The van der Waals surface area contributed by atoms with Crippen LogP contribution in [0.1, 0.15) is 40.0 Å². The standard InChI is InChI=1S/C19H32FN3O5/c1-19(2,3)28-18(27)23-8-5-6-14(15(23)17(25)26)16(24)21(4)10-11-22-9-7-13(20)12-22/h13-15H,5-12H2,1-4H3,(H,25,26)/t13-,14?,15?/m0/s1. The van der Waals surface area contributed by atoms with Crippen molar-refractivity contribution in [2.24, 2.45) is 5.92 Å². The molecule has 2 amide bonds. The van der Waals surface area contributed by atoms with Gasteiger partial charge < -0.3 is 14.7 Å². The number of aliphatic carboxylic acids is 1. The van der Waals surface area contributed by atoms with Crippen LogP contribution in [0.4, 0.5) is 9.18 Å². The maximum atomic E-state index is 13.3. The summed E-state index contributed by atoms with van der Waals surface area (Å²) < 4.78 is 18.6. The Balaban J connectivity index is 2.03. The molecule has 2 aliphatic rings. The molecule has 2 heterocycles. The van der Waals surface area contributed by atoms with Gasteiger partial charge in [-0.15, -0.1) is 0 Å². The van der Waals surface area contributed by atoms with Crippen LogP contribution in [0.15, 0.2) is 0 Å². The molecule has 0 bridgehead atoms. The van der Waals surface area contributed by atoms with Crippen molar-refractivity contribution in [1.82, 2.24) is 14.7 Å². The summed E-state index contributed by atoms with van der Waals surface area (Å²) in [6.45, 7) is 7.34. The van der Waals surface area contributed by atoms with Crippen molar-refractivity contribution in [2.45, 2.75) is 57.8 Å². The summed E-state index contributed by atoms with van der Waals surface area (Å²) in [5.41, 5.74) is -0.752. The number of hydrogen-bond donors (Lipinski definition) is 1. The van der Waals surface area contributed by atoms with E-state index in [4.69, 9.17) is 4.74 Å². The first-order valence-electron chi connectivity index (χ1n) is 9.83. The molecule has 0 radical (unpaired) electrons. The Kier molecular flexibility index (Phi) is 7.25. The molecule has 2 aliphatic heterocycles. The normalized spacial score (nSPS) is 26.2. The van der Waals surface area contributed by atoms with Gasteiger partial charge in [-0.2, -0.15) is 0 Å². The van der Waals surface area contributed by atoms with Crippen molar-refractivity contribution >= 4 is 18.0 Å². The van der Waals surface area contributed by atoms with Gasteiger partial charge in [0.1, 0.15) is 17.8 Å². The number of piperidine rings is 1. The number of ether oxygens (including phenoxy) is 1. The number of carbonyl (C=O) groups is 3. The van der Waals surface area contributed by atoms with E-state index in [1.165, 1.54) is 4.90 Å². The number of carboxylic acid groups (broad SMARTS) is 1. The molecule has 2 saturated heterocycles. The first-order chi connectivity index (χ1) is 13.0. The second-order valence-electron chi connectivity index (χ2n) is 8.65. The maximum Gasteiger partial charge on any atom is 0.411 e. The van der Waals surface area contributed by atoms with Crippen molar-refractivity contribution in [3.8, 4) is 0 Å². The van der Waals surface area contributed by atoms with Crippen LogP contribution in [0, 0.1) is 5.92 Å². The largest absolute Gasteiger partial charge is 0.480 e. The predicted molar refractivity (Wildman–Crippen MR) is 101 cm³/mol. The summed E-state index contributed by atoms with van der Waals surface area (Å²) in [6, 6.07) is -1.25. The van der Waals surface area contributed by atoms with Gasteiger partial charge in [-0.05, 0) is 40.0 Å². The molecule has 3 atom stereocenters. The van der Waals surface area contributed by atoms with Gasteiger partial charge in [0, 0.05) is 39.8 Å². The maximum absolute atomic E-state index is 13.3. The molecule has 28 heavy (non-hydrogen) atoms. The molecule has 0 aliphatic carbocycles. The summed E-state index contributed by atoms with van der Waals surface area (Å²) in [6.07, 6.45) is -0.102. The highest BCUT2D eigenvalue weighted by Crippen LogP contribution is 2.27. The van der Waals surface area contributed by atoms with Crippen LogP contribution in [0.5, 0.6) is 0 Å². The molecular formula is C19H32FN3O5. The number of nitrogens with zero attached hydrogens (tertiary/aromatic N) is 3. The van der Waals surface area contributed by atoms with E-state index in [-0.39, 0.29) is 12.5 Å². The van der Waals surface area contributed by atoms with E-state index < -0.39 is 35.8 Å². The Bertz CT molecular complexity index is 595. The highest BCUT2D eigenvalue weighted by Gasteiger charge is 2.45. The number of hydrogen-bond acceptors (Lipinski definition) is 5. The van der Waals surface area contributed by atoms with Gasteiger partial charge >= 0.3 is 12.1 Å². The molecule has 0 spiro atoms. The van der Waals surface area contributed by atoms with Gasteiger partial charge in [-0.3, -0.25) is 14.6 Å². The lowest BCUT2D eigenvalue weighted by Gasteiger charge is -2.39. The number of likely N-dealkylation sites (N-methyl/N-ethyl adjacent to an activating group) is 1. The minimum Gasteiger partial charge on any atom is -0.480 e. The van der Waals surface area contributed by atoms with Crippen LogP contribution < -0.4 is 0 Å². The van der Waals surface area contributed by atoms with Crippen molar-refractivity contribution in [2.75, 3.05) is 39.8 Å². The topological polar surface area (TPSA) is 90.4 Å². The molecule has 2 unspecified atom stereocenters. The number of likely N-dealkylation sites (tertiary alicyclic amines) is 2. The van der Waals surface area contributed by atoms with Crippen LogP contribution in [0.25, 0.3) is 0 Å². The molecule has 2 fully saturated rings. The van der Waals surface area contributed by atoms with E-state index in [0.29, 0.717) is 45.4 Å². The SMILES string of the molecule is CN(CCN1CC[C@H](F)C1)C(=O)C1CCCN(C(=O)OC(C)(C)C)C1C(=O)O. The fourth-order valence-corrected chi connectivity index (χ4v) is 3.76. The molecule has 0 aromatic rings. The number of alkyl halides is 1. The summed E-state index contributed by atoms with van der Waals surface area (Å²) in [4.78, 5) is 41.9. The van der Waals surface area contributed by atoms with E-state index in [1.807, 2.05) is 4.90 Å². The molecule has 2 rings (SSSR count). The van der Waals surface area contributed by atoms with Crippen LogP contribution in [0.2, 0.25) is 0 Å². The zero-order valence-electron chi connectivity index (χ0n) is 17.2. The molecule has 160 valence electrons. The van der Waals surface area contributed by atoms with E-state index in [9.17, 15) is 23.9 Å². The van der Waals surface area contributed by atoms with E-state index in [2.05, 4.69) is 0 Å². The lowest BCUT2D eigenvalue weighted by molar-refractivity contribution is -0.153. The number of rotatable bonds is 5. The summed E-state index contributed by atoms with van der Waals surface area (Å²) in [5, 5.41) is 9.72. The van der Waals surface area contributed by atoms with Gasteiger partial charge in [-0.25, -0.2) is 14.0 Å². The molecule has 0 saturated carbocycles. The van der Waals surface area contributed by atoms with Gasteiger partial charge in [0.25, 0.3) is 0 Å². The zero-order chi connectivity index (χ0) is 21.1. The third-order valence-electron chi connectivity index (χ3n) is 5.17. The summed E-state index contributed by atoms with van der Waals surface area (Å²) >= 11 is 0. The molecule has 0 aromatic carbocycles. The molecule has 9 heteroatoms. The van der Waals surface area contributed by atoms with Crippen molar-refractivity contribution in [1.29, 1.82) is 0 Å². The quantitative estimate of drug-likeness (QED) is 0.752. The fraction of sp³-hybridized carbons (Fsp3) is 0.842. The fourth-order valence-electron chi connectivity index (χ4n) is 3.76. The number of carboxylic acids is 1.